The first-order chi connectivity index (χ1) is 14.1. The topological polar surface area (TPSA) is 126 Å². The molecule has 0 radical (unpaired) electrons. The molecule has 4 aromatic rings. The second-order valence-electron chi connectivity index (χ2n) is 6.29. The van der Waals surface area contributed by atoms with Crippen LogP contribution in [0, 0.1) is 0 Å². The Morgan fingerprint density at radius 1 is 0.931 bits per heavy atom. The highest BCUT2D eigenvalue weighted by Gasteiger charge is 2.16. The maximum absolute atomic E-state index is 13.4. The highest BCUT2D eigenvalue weighted by Crippen LogP contribution is 2.25. The number of anilines is 2. The lowest BCUT2D eigenvalue weighted by Crippen LogP contribution is -2.23. The number of nitrogens with two attached hydrogens (primary N) is 2. The van der Waals surface area contributed by atoms with Crippen LogP contribution in [0.2, 0.25) is 0 Å². The fourth-order valence-corrected chi connectivity index (χ4v) is 3.96. The molecule has 0 saturated heterocycles. The molecule has 9 heteroatoms. The summed E-state index contributed by atoms with van der Waals surface area (Å²) in [6, 6.07) is 15.1. The Kier molecular flexibility index (Phi) is 5.13. The van der Waals surface area contributed by atoms with Crippen molar-refractivity contribution in [2.45, 2.75) is 24.3 Å². The Balaban J connectivity index is 1.86. The summed E-state index contributed by atoms with van der Waals surface area (Å²) in [5.74, 6) is 0.898. The summed E-state index contributed by atoms with van der Waals surface area (Å²) < 4.78 is 1.65. The minimum atomic E-state index is -0.117. The number of para-hydroxylation sites is 2. The van der Waals surface area contributed by atoms with Crippen molar-refractivity contribution in [3.8, 4) is 5.69 Å². The van der Waals surface area contributed by atoms with Gasteiger partial charge in [-0.15, -0.1) is 0 Å². The monoisotopic (exact) mass is 405 g/mol. The summed E-state index contributed by atoms with van der Waals surface area (Å²) in [6.07, 6.45) is 0.792. The Morgan fingerprint density at radius 3 is 2.38 bits per heavy atom. The van der Waals surface area contributed by atoms with E-state index in [-0.39, 0.29) is 17.5 Å². The molecule has 29 heavy (non-hydrogen) atoms. The molecule has 0 unspecified atom stereocenters. The van der Waals surface area contributed by atoms with Crippen LogP contribution in [-0.4, -0.2) is 24.5 Å². The highest BCUT2D eigenvalue weighted by atomic mass is 32.2. The molecule has 4 rings (SSSR count). The van der Waals surface area contributed by atoms with Crippen LogP contribution in [0.5, 0.6) is 0 Å². The molecule has 0 bridgehead atoms. The van der Waals surface area contributed by atoms with Crippen molar-refractivity contribution in [1.82, 2.24) is 24.5 Å². The molecule has 0 amide bonds. The van der Waals surface area contributed by atoms with Crippen molar-refractivity contribution in [3.63, 3.8) is 0 Å². The minimum Gasteiger partial charge on any atom is -0.368 e. The second kappa shape index (κ2) is 7.88. The smallest absolute Gasteiger partial charge is 0.266 e. The number of aromatic nitrogens is 5. The number of nitrogen functional groups attached to an aromatic ring is 2. The summed E-state index contributed by atoms with van der Waals surface area (Å²) in [6.45, 7) is 2.06. The van der Waals surface area contributed by atoms with Gasteiger partial charge in [0, 0.05) is 0 Å². The molecule has 0 fully saturated rings. The van der Waals surface area contributed by atoms with Crippen molar-refractivity contribution in [3.05, 3.63) is 70.3 Å². The number of fused-ring (bicyclic) bond motifs is 1. The Morgan fingerprint density at radius 2 is 1.62 bits per heavy atom. The first-order valence-corrected chi connectivity index (χ1v) is 10.0. The third-order valence-corrected chi connectivity index (χ3v) is 5.34. The fraction of sp³-hybridized carbons (Fsp3) is 0.150. The van der Waals surface area contributed by atoms with Crippen molar-refractivity contribution >= 4 is 34.6 Å². The zero-order valence-corrected chi connectivity index (χ0v) is 16.6. The van der Waals surface area contributed by atoms with Crippen LogP contribution in [0.3, 0.4) is 0 Å². The fourth-order valence-electron chi connectivity index (χ4n) is 3.10. The molecular weight excluding hydrogens is 386 g/mol. The van der Waals surface area contributed by atoms with Crippen LogP contribution in [0.4, 0.5) is 11.9 Å². The SMILES string of the molecule is CCc1ccccc1-n1c(SCc2nc(N)nc(N)n2)nc2ccccc2c1=O. The largest absolute Gasteiger partial charge is 0.368 e. The number of benzene rings is 2. The molecule has 146 valence electrons. The molecular formula is C20H19N7OS. The van der Waals surface area contributed by atoms with Gasteiger partial charge in [0.25, 0.3) is 5.56 Å². The molecule has 2 aromatic carbocycles. The van der Waals surface area contributed by atoms with Crippen LogP contribution in [0.15, 0.2) is 58.5 Å². The summed E-state index contributed by atoms with van der Waals surface area (Å²) in [5.41, 5.74) is 13.7. The third-order valence-electron chi connectivity index (χ3n) is 4.41. The van der Waals surface area contributed by atoms with E-state index in [1.807, 2.05) is 42.5 Å². The molecule has 0 atom stereocenters. The summed E-state index contributed by atoms with van der Waals surface area (Å²) in [7, 11) is 0. The maximum atomic E-state index is 13.4. The number of hydrogen-bond acceptors (Lipinski definition) is 8. The normalized spacial score (nSPS) is 11.1. The number of aryl methyl sites for hydroxylation is 1. The standard InChI is InChI=1S/C20H19N7OS/c1-2-12-7-3-6-10-15(12)27-17(28)13-8-4-5-9-14(13)23-20(27)29-11-16-24-18(21)26-19(22)25-16/h3-10H,2,11H2,1H3,(H4,21,22,24,25,26). The first-order valence-electron chi connectivity index (χ1n) is 9.05. The minimum absolute atomic E-state index is 0.0632. The van der Waals surface area contributed by atoms with Crippen LogP contribution in [0.1, 0.15) is 18.3 Å². The first kappa shape index (κ1) is 18.9. The van der Waals surface area contributed by atoms with Gasteiger partial charge in [-0.25, -0.2) is 4.98 Å². The quantitative estimate of drug-likeness (QED) is 0.383. The number of thioether (sulfide) groups is 1. The predicted molar refractivity (Wildman–Crippen MR) is 115 cm³/mol. The lowest BCUT2D eigenvalue weighted by Gasteiger charge is -2.15. The number of rotatable bonds is 5. The molecule has 0 aliphatic rings. The average Bonchev–Trinajstić information content (AvgIpc) is 2.72. The highest BCUT2D eigenvalue weighted by molar-refractivity contribution is 7.98. The number of nitrogens with zero attached hydrogens (tertiary/aromatic N) is 5. The zero-order chi connectivity index (χ0) is 20.4. The van der Waals surface area contributed by atoms with E-state index in [4.69, 9.17) is 16.5 Å². The van der Waals surface area contributed by atoms with Crippen molar-refractivity contribution in [2.75, 3.05) is 11.5 Å². The molecule has 0 aliphatic heterocycles. The van der Waals surface area contributed by atoms with Gasteiger partial charge in [0.2, 0.25) is 11.9 Å². The molecule has 0 aliphatic carbocycles. The van der Waals surface area contributed by atoms with Crippen LogP contribution in [-0.2, 0) is 12.2 Å². The van der Waals surface area contributed by atoms with E-state index >= 15 is 0 Å². The average molecular weight is 405 g/mol. The Labute approximate surface area is 171 Å². The Hall–Kier alpha value is -3.46. The van der Waals surface area contributed by atoms with Gasteiger partial charge in [-0.2, -0.15) is 15.0 Å². The van der Waals surface area contributed by atoms with E-state index < -0.39 is 0 Å². The van der Waals surface area contributed by atoms with Crippen molar-refractivity contribution in [2.24, 2.45) is 0 Å². The summed E-state index contributed by atoms with van der Waals surface area (Å²) >= 11 is 1.35. The van der Waals surface area contributed by atoms with E-state index in [2.05, 4.69) is 21.9 Å². The van der Waals surface area contributed by atoms with Crippen molar-refractivity contribution < 1.29 is 0 Å². The van der Waals surface area contributed by atoms with Gasteiger partial charge in [0.05, 0.1) is 22.3 Å². The van der Waals surface area contributed by atoms with Gasteiger partial charge in [-0.05, 0) is 30.2 Å². The van der Waals surface area contributed by atoms with E-state index in [1.165, 1.54) is 11.8 Å². The zero-order valence-electron chi connectivity index (χ0n) is 15.7. The summed E-state index contributed by atoms with van der Waals surface area (Å²) in [5, 5.41) is 1.11. The van der Waals surface area contributed by atoms with Crippen LogP contribution >= 0.6 is 11.8 Å². The predicted octanol–water partition coefficient (Wildman–Crippen LogP) is 2.59. The molecule has 0 saturated carbocycles. The van der Waals surface area contributed by atoms with Gasteiger partial charge >= 0.3 is 0 Å². The van der Waals surface area contributed by atoms with Crippen LogP contribution < -0.4 is 17.0 Å². The van der Waals surface area contributed by atoms with E-state index in [9.17, 15) is 4.79 Å². The molecule has 4 N–H and O–H groups in total. The van der Waals surface area contributed by atoms with E-state index in [1.54, 1.807) is 10.6 Å². The molecule has 8 nitrogen and oxygen atoms in total. The molecule has 2 aromatic heterocycles. The van der Waals surface area contributed by atoms with E-state index in [0.717, 1.165) is 17.7 Å². The lowest BCUT2D eigenvalue weighted by molar-refractivity contribution is 0.807. The lowest BCUT2D eigenvalue weighted by atomic mass is 10.1. The van der Waals surface area contributed by atoms with Crippen molar-refractivity contribution in [1.29, 1.82) is 0 Å². The summed E-state index contributed by atoms with van der Waals surface area (Å²) in [4.78, 5) is 30.1. The number of hydrogen-bond donors (Lipinski definition) is 2. The van der Waals surface area contributed by atoms with Gasteiger partial charge < -0.3 is 11.5 Å². The molecule has 2 heterocycles. The molecule has 0 spiro atoms. The van der Waals surface area contributed by atoms with Gasteiger partial charge in [0.1, 0.15) is 5.82 Å². The second-order valence-corrected chi connectivity index (χ2v) is 7.23. The van der Waals surface area contributed by atoms with E-state index in [0.29, 0.717) is 27.6 Å². The van der Waals surface area contributed by atoms with Crippen LogP contribution in [0.25, 0.3) is 16.6 Å². The van der Waals surface area contributed by atoms with Gasteiger partial charge in [-0.3, -0.25) is 9.36 Å². The maximum Gasteiger partial charge on any atom is 0.266 e. The van der Waals surface area contributed by atoms with Gasteiger partial charge in [0.15, 0.2) is 5.16 Å². The Bertz CT molecular complexity index is 1240. The van der Waals surface area contributed by atoms with Gasteiger partial charge in [-0.1, -0.05) is 49.0 Å². The third kappa shape index (κ3) is 3.77.